The standard InChI is InChI=1S/C17H21N5O2/c1-24-9-8-21-12-18-10-14(21)11-19-17(23)6-7-22-13-20-15-4-2-3-5-16(15)22/h2-5,10,12-13H,6-9,11H2,1H3,(H,19,23). The van der Waals surface area contributed by atoms with Crippen molar-refractivity contribution in [3.63, 3.8) is 0 Å². The van der Waals surface area contributed by atoms with E-state index in [4.69, 9.17) is 4.74 Å². The molecule has 0 spiro atoms. The van der Waals surface area contributed by atoms with Gasteiger partial charge < -0.3 is 19.2 Å². The zero-order valence-electron chi connectivity index (χ0n) is 13.7. The molecule has 3 rings (SSSR count). The second-order valence-corrected chi connectivity index (χ2v) is 5.52. The summed E-state index contributed by atoms with van der Waals surface area (Å²) < 4.78 is 9.04. The molecule has 0 aliphatic rings. The molecule has 0 aliphatic carbocycles. The van der Waals surface area contributed by atoms with E-state index in [1.807, 2.05) is 33.4 Å². The van der Waals surface area contributed by atoms with Crippen LogP contribution in [0.4, 0.5) is 0 Å². The Morgan fingerprint density at radius 3 is 2.96 bits per heavy atom. The number of ether oxygens (including phenoxy) is 1. The van der Waals surface area contributed by atoms with Crippen LogP contribution in [0.25, 0.3) is 11.0 Å². The predicted molar refractivity (Wildman–Crippen MR) is 90.3 cm³/mol. The Hall–Kier alpha value is -2.67. The van der Waals surface area contributed by atoms with Gasteiger partial charge in [0, 0.05) is 32.8 Å². The quantitative estimate of drug-likeness (QED) is 0.682. The molecule has 0 saturated carbocycles. The molecule has 2 aromatic heterocycles. The minimum atomic E-state index is 0.00673. The minimum absolute atomic E-state index is 0.00673. The van der Waals surface area contributed by atoms with Crippen LogP contribution in [-0.4, -0.2) is 38.7 Å². The van der Waals surface area contributed by atoms with Crippen LogP contribution in [0.15, 0.2) is 43.1 Å². The fraction of sp³-hybridized carbons (Fsp3) is 0.353. The smallest absolute Gasteiger partial charge is 0.222 e. The number of hydrogen-bond acceptors (Lipinski definition) is 4. The molecule has 0 radical (unpaired) electrons. The van der Waals surface area contributed by atoms with Gasteiger partial charge in [0.2, 0.25) is 5.91 Å². The van der Waals surface area contributed by atoms with E-state index in [-0.39, 0.29) is 5.91 Å². The molecule has 0 atom stereocenters. The Balaban J connectivity index is 1.50. The van der Waals surface area contributed by atoms with Gasteiger partial charge in [0.05, 0.1) is 42.5 Å². The third-order valence-corrected chi connectivity index (χ3v) is 3.91. The van der Waals surface area contributed by atoms with Gasteiger partial charge in [-0.15, -0.1) is 0 Å². The number of nitrogens with zero attached hydrogens (tertiary/aromatic N) is 4. The van der Waals surface area contributed by atoms with Gasteiger partial charge >= 0.3 is 0 Å². The highest BCUT2D eigenvalue weighted by molar-refractivity contribution is 5.77. The summed E-state index contributed by atoms with van der Waals surface area (Å²) in [6.45, 7) is 2.41. The van der Waals surface area contributed by atoms with Crippen LogP contribution in [0.1, 0.15) is 12.1 Å². The lowest BCUT2D eigenvalue weighted by atomic mass is 10.3. The van der Waals surface area contributed by atoms with Crippen molar-refractivity contribution in [2.24, 2.45) is 0 Å². The fourth-order valence-electron chi connectivity index (χ4n) is 2.57. The van der Waals surface area contributed by atoms with Gasteiger partial charge in [-0.2, -0.15) is 0 Å². The number of fused-ring (bicyclic) bond motifs is 1. The van der Waals surface area contributed by atoms with Gasteiger partial charge in [-0.3, -0.25) is 4.79 Å². The van der Waals surface area contributed by atoms with Gasteiger partial charge in [-0.1, -0.05) is 12.1 Å². The number of hydrogen-bond donors (Lipinski definition) is 1. The number of rotatable bonds is 8. The van der Waals surface area contributed by atoms with Crippen molar-refractivity contribution in [1.82, 2.24) is 24.4 Å². The maximum absolute atomic E-state index is 12.1. The Morgan fingerprint density at radius 2 is 2.08 bits per heavy atom. The number of amides is 1. The lowest BCUT2D eigenvalue weighted by Gasteiger charge is -2.09. The van der Waals surface area contributed by atoms with Crippen molar-refractivity contribution >= 4 is 16.9 Å². The first-order valence-corrected chi connectivity index (χ1v) is 7.92. The van der Waals surface area contributed by atoms with Gasteiger partial charge in [0.15, 0.2) is 0 Å². The number of methoxy groups -OCH3 is 1. The van der Waals surface area contributed by atoms with Crippen LogP contribution < -0.4 is 5.32 Å². The predicted octanol–water partition coefficient (Wildman–Crippen LogP) is 1.59. The molecule has 1 aromatic carbocycles. The molecule has 24 heavy (non-hydrogen) atoms. The average molecular weight is 327 g/mol. The van der Waals surface area contributed by atoms with E-state index >= 15 is 0 Å². The monoisotopic (exact) mass is 327 g/mol. The molecule has 7 heteroatoms. The van der Waals surface area contributed by atoms with Crippen LogP contribution in [0.3, 0.4) is 0 Å². The zero-order chi connectivity index (χ0) is 16.8. The number of carbonyl (C=O) groups excluding carboxylic acids is 1. The topological polar surface area (TPSA) is 74.0 Å². The number of aryl methyl sites for hydroxylation is 1. The van der Waals surface area contributed by atoms with Crippen LogP contribution in [0.5, 0.6) is 0 Å². The number of carbonyl (C=O) groups is 1. The Labute approximate surface area is 140 Å². The molecule has 0 fully saturated rings. The molecule has 7 nitrogen and oxygen atoms in total. The highest BCUT2D eigenvalue weighted by atomic mass is 16.5. The summed E-state index contributed by atoms with van der Waals surface area (Å²) in [4.78, 5) is 20.5. The fourth-order valence-corrected chi connectivity index (χ4v) is 2.57. The van der Waals surface area contributed by atoms with Crippen molar-refractivity contribution < 1.29 is 9.53 Å². The van der Waals surface area contributed by atoms with Gasteiger partial charge in [0.25, 0.3) is 0 Å². The minimum Gasteiger partial charge on any atom is -0.383 e. The second-order valence-electron chi connectivity index (χ2n) is 5.52. The molecule has 2 heterocycles. The first-order chi connectivity index (χ1) is 11.8. The number of benzene rings is 1. The molecule has 1 amide bonds. The molecular weight excluding hydrogens is 306 g/mol. The van der Waals surface area contributed by atoms with Crippen LogP contribution in [0, 0.1) is 0 Å². The van der Waals surface area contributed by atoms with E-state index in [2.05, 4.69) is 15.3 Å². The van der Waals surface area contributed by atoms with Gasteiger partial charge in [-0.05, 0) is 12.1 Å². The maximum Gasteiger partial charge on any atom is 0.222 e. The highest BCUT2D eigenvalue weighted by Crippen LogP contribution is 2.12. The maximum atomic E-state index is 12.1. The van der Waals surface area contributed by atoms with Crippen molar-refractivity contribution in [2.45, 2.75) is 26.1 Å². The summed E-state index contributed by atoms with van der Waals surface area (Å²) in [5.74, 6) is 0.00673. The molecule has 0 bridgehead atoms. The molecule has 126 valence electrons. The SMILES string of the molecule is COCCn1cncc1CNC(=O)CCn1cnc2ccccc21. The molecule has 0 unspecified atom stereocenters. The molecule has 0 saturated heterocycles. The molecule has 3 aromatic rings. The third kappa shape index (κ3) is 3.80. The summed E-state index contributed by atoms with van der Waals surface area (Å²) >= 11 is 0. The van der Waals surface area contributed by atoms with Gasteiger partial charge in [0.1, 0.15) is 0 Å². The summed E-state index contributed by atoms with van der Waals surface area (Å²) in [7, 11) is 1.66. The van der Waals surface area contributed by atoms with Crippen molar-refractivity contribution in [2.75, 3.05) is 13.7 Å². The zero-order valence-corrected chi connectivity index (χ0v) is 13.7. The van der Waals surface area contributed by atoms with E-state index in [1.165, 1.54) is 0 Å². The van der Waals surface area contributed by atoms with E-state index < -0.39 is 0 Å². The van der Waals surface area contributed by atoms with Crippen molar-refractivity contribution in [3.05, 3.63) is 48.8 Å². The van der Waals surface area contributed by atoms with E-state index in [1.54, 1.807) is 26.0 Å². The first kappa shape index (κ1) is 16.2. The van der Waals surface area contributed by atoms with Gasteiger partial charge in [-0.25, -0.2) is 9.97 Å². The number of imidazole rings is 2. The van der Waals surface area contributed by atoms with Crippen LogP contribution >= 0.6 is 0 Å². The summed E-state index contributed by atoms with van der Waals surface area (Å²) in [6.07, 6.45) is 5.70. The normalized spacial score (nSPS) is 11.0. The Morgan fingerprint density at radius 1 is 1.21 bits per heavy atom. The summed E-state index contributed by atoms with van der Waals surface area (Å²) in [5, 5.41) is 2.94. The second kappa shape index (κ2) is 7.74. The number of aromatic nitrogens is 4. The lowest BCUT2D eigenvalue weighted by Crippen LogP contribution is -2.25. The molecular formula is C17H21N5O2. The molecule has 0 aliphatic heterocycles. The first-order valence-electron chi connectivity index (χ1n) is 7.92. The van der Waals surface area contributed by atoms with E-state index in [0.717, 1.165) is 23.3 Å². The van der Waals surface area contributed by atoms with E-state index in [0.29, 0.717) is 26.1 Å². The molecule has 1 N–H and O–H groups in total. The number of nitrogens with one attached hydrogen (secondary N) is 1. The van der Waals surface area contributed by atoms with Crippen molar-refractivity contribution in [3.8, 4) is 0 Å². The number of para-hydroxylation sites is 2. The largest absolute Gasteiger partial charge is 0.383 e. The van der Waals surface area contributed by atoms with E-state index in [9.17, 15) is 4.79 Å². The summed E-state index contributed by atoms with van der Waals surface area (Å²) in [5.41, 5.74) is 2.95. The Bertz CT molecular complexity index is 808. The van der Waals surface area contributed by atoms with Crippen LogP contribution in [-0.2, 0) is 29.2 Å². The highest BCUT2D eigenvalue weighted by Gasteiger charge is 2.07. The average Bonchev–Trinajstić information content (AvgIpc) is 3.23. The lowest BCUT2D eigenvalue weighted by molar-refractivity contribution is -0.121. The Kier molecular flexibility index (Phi) is 5.22. The van der Waals surface area contributed by atoms with Crippen LogP contribution in [0.2, 0.25) is 0 Å². The summed E-state index contributed by atoms with van der Waals surface area (Å²) in [6, 6.07) is 7.91. The van der Waals surface area contributed by atoms with Crippen molar-refractivity contribution in [1.29, 1.82) is 0 Å². The third-order valence-electron chi connectivity index (χ3n) is 3.91.